The van der Waals surface area contributed by atoms with Crippen molar-refractivity contribution < 1.29 is 0 Å². The maximum Gasteiger partial charge on any atom is 0.126 e. The van der Waals surface area contributed by atoms with Crippen molar-refractivity contribution in [3.8, 4) is 10.6 Å². The summed E-state index contributed by atoms with van der Waals surface area (Å²) in [6.07, 6.45) is 3.61. The minimum Gasteiger partial charge on any atom is -0.263 e. The molecule has 3 aromatic rings. The molecule has 3 rings (SSSR count). The van der Waals surface area contributed by atoms with Gasteiger partial charge in [-0.15, -0.1) is 11.3 Å². The van der Waals surface area contributed by atoms with Crippen LogP contribution < -0.4 is 0 Å². The second-order valence-electron chi connectivity index (χ2n) is 3.38. The van der Waals surface area contributed by atoms with Crippen molar-refractivity contribution in [3.63, 3.8) is 0 Å². The molecule has 0 aliphatic rings. The summed E-state index contributed by atoms with van der Waals surface area (Å²) in [6, 6.07) is 10.2. The Kier molecular flexibility index (Phi) is 2.46. The van der Waals surface area contributed by atoms with Gasteiger partial charge in [-0.2, -0.15) is 0 Å². The van der Waals surface area contributed by atoms with E-state index in [9.17, 15) is 0 Å². The molecule has 2 heterocycles. The fourth-order valence-electron chi connectivity index (χ4n) is 1.52. The molecule has 0 unspecified atom stereocenters. The first-order valence-corrected chi connectivity index (χ1v) is 6.40. The van der Waals surface area contributed by atoms with E-state index >= 15 is 0 Å². The zero-order valence-electron chi connectivity index (χ0n) is 8.22. The normalized spacial score (nSPS) is 10.8. The van der Waals surface area contributed by atoms with Crippen LogP contribution in [-0.2, 0) is 0 Å². The molecular weight excluding hydrogens is 284 g/mol. The standard InChI is InChI=1S/C12H7BrN2S/c13-9-5-8(6-14-7-9)12-15-10-3-1-2-4-11(10)16-12/h1-7H. The number of nitrogens with zero attached hydrogens (tertiary/aromatic N) is 2. The molecule has 0 bridgehead atoms. The van der Waals surface area contributed by atoms with Crippen molar-refractivity contribution in [1.29, 1.82) is 0 Å². The van der Waals surface area contributed by atoms with E-state index in [-0.39, 0.29) is 0 Å². The summed E-state index contributed by atoms with van der Waals surface area (Å²) in [5, 5.41) is 1.01. The van der Waals surface area contributed by atoms with Gasteiger partial charge in [-0.05, 0) is 34.1 Å². The summed E-state index contributed by atoms with van der Waals surface area (Å²) >= 11 is 5.10. The van der Waals surface area contributed by atoms with Crippen LogP contribution in [0.5, 0.6) is 0 Å². The predicted molar refractivity (Wildman–Crippen MR) is 70.6 cm³/mol. The Hall–Kier alpha value is -1.26. The van der Waals surface area contributed by atoms with E-state index in [1.807, 2.05) is 30.5 Å². The van der Waals surface area contributed by atoms with Crippen LogP contribution in [0.3, 0.4) is 0 Å². The third-order valence-corrected chi connectivity index (χ3v) is 3.76. The van der Waals surface area contributed by atoms with Gasteiger partial charge < -0.3 is 0 Å². The van der Waals surface area contributed by atoms with E-state index < -0.39 is 0 Å². The molecule has 0 fully saturated rings. The predicted octanol–water partition coefficient (Wildman–Crippen LogP) is 4.12. The number of para-hydroxylation sites is 1. The third kappa shape index (κ3) is 1.74. The lowest BCUT2D eigenvalue weighted by Gasteiger charge is -1.94. The molecule has 0 saturated carbocycles. The van der Waals surface area contributed by atoms with Gasteiger partial charge in [0.1, 0.15) is 5.01 Å². The molecule has 0 spiro atoms. The Morgan fingerprint density at radius 2 is 2.00 bits per heavy atom. The first-order valence-electron chi connectivity index (χ1n) is 4.79. The molecule has 1 aromatic carbocycles. The number of hydrogen-bond acceptors (Lipinski definition) is 3. The van der Waals surface area contributed by atoms with Crippen LogP contribution in [0.25, 0.3) is 20.8 Å². The average molecular weight is 291 g/mol. The molecule has 0 N–H and O–H groups in total. The van der Waals surface area contributed by atoms with E-state index in [0.717, 1.165) is 20.6 Å². The highest BCUT2D eigenvalue weighted by Crippen LogP contribution is 2.30. The van der Waals surface area contributed by atoms with E-state index in [4.69, 9.17) is 0 Å². The number of thiazole rings is 1. The van der Waals surface area contributed by atoms with Gasteiger partial charge in [0.2, 0.25) is 0 Å². The zero-order valence-corrected chi connectivity index (χ0v) is 10.6. The van der Waals surface area contributed by atoms with Crippen LogP contribution in [0.1, 0.15) is 0 Å². The van der Waals surface area contributed by atoms with Crippen molar-refractivity contribution in [2.45, 2.75) is 0 Å². The van der Waals surface area contributed by atoms with Gasteiger partial charge in [0, 0.05) is 22.4 Å². The minimum atomic E-state index is 0.976. The molecule has 0 saturated heterocycles. The van der Waals surface area contributed by atoms with Gasteiger partial charge in [0.15, 0.2) is 0 Å². The number of rotatable bonds is 1. The molecular formula is C12H7BrN2S. The van der Waals surface area contributed by atoms with Crippen molar-refractivity contribution in [3.05, 3.63) is 47.2 Å². The lowest BCUT2D eigenvalue weighted by molar-refractivity contribution is 1.30. The van der Waals surface area contributed by atoms with Gasteiger partial charge in [-0.25, -0.2) is 4.98 Å². The molecule has 4 heteroatoms. The Morgan fingerprint density at radius 3 is 2.81 bits per heavy atom. The largest absolute Gasteiger partial charge is 0.263 e. The lowest BCUT2D eigenvalue weighted by atomic mass is 10.3. The van der Waals surface area contributed by atoms with Crippen LogP contribution in [0.2, 0.25) is 0 Å². The highest BCUT2D eigenvalue weighted by Gasteiger charge is 2.05. The minimum absolute atomic E-state index is 0.976. The number of aromatic nitrogens is 2. The molecule has 78 valence electrons. The van der Waals surface area contributed by atoms with Gasteiger partial charge in [-0.1, -0.05) is 12.1 Å². The van der Waals surface area contributed by atoms with Crippen LogP contribution in [0, 0.1) is 0 Å². The molecule has 0 aliphatic carbocycles. The molecule has 0 amide bonds. The molecule has 2 nitrogen and oxygen atoms in total. The van der Waals surface area contributed by atoms with E-state index in [1.165, 1.54) is 4.70 Å². The van der Waals surface area contributed by atoms with E-state index in [1.54, 1.807) is 17.5 Å². The molecule has 0 radical (unpaired) electrons. The van der Waals surface area contributed by atoms with Gasteiger partial charge in [0.25, 0.3) is 0 Å². The second kappa shape index (κ2) is 3.96. The molecule has 0 atom stereocenters. The first kappa shape index (κ1) is 9.93. The van der Waals surface area contributed by atoms with Gasteiger partial charge >= 0.3 is 0 Å². The SMILES string of the molecule is Brc1cncc(-c2nc3ccccc3s2)c1. The summed E-state index contributed by atoms with van der Waals surface area (Å²) in [5.74, 6) is 0. The van der Waals surface area contributed by atoms with Crippen molar-refractivity contribution in [2.24, 2.45) is 0 Å². The third-order valence-electron chi connectivity index (χ3n) is 2.25. The van der Waals surface area contributed by atoms with E-state index in [2.05, 4.69) is 32.0 Å². The van der Waals surface area contributed by atoms with Gasteiger partial charge in [0.05, 0.1) is 10.2 Å². The smallest absolute Gasteiger partial charge is 0.126 e. The van der Waals surface area contributed by atoms with Crippen molar-refractivity contribution in [1.82, 2.24) is 9.97 Å². The fraction of sp³-hybridized carbons (Fsp3) is 0. The zero-order chi connectivity index (χ0) is 11.0. The Balaban J connectivity index is 2.19. The number of hydrogen-bond donors (Lipinski definition) is 0. The van der Waals surface area contributed by atoms with E-state index in [0.29, 0.717) is 0 Å². The van der Waals surface area contributed by atoms with Crippen LogP contribution in [0.4, 0.5) is 0 Å². The average Bonchev–Trinajstić information content (AvgIpc) is 2.72. The highest BCUT2D eigenvalue weighted by atomic mass is 79.9. The van der Waals surface area contributed by atoms with Crippen molar-refractivity contribution in [2.75, 3.05) is 0 Å². The first-order chi connectivity index (χ1) is 7.83. The molecule has 0 aliphatic heterocycles. The lowest BCUT2D eigenvalue weighted by Crippen LogP contribution is -1.78. The van der Waals surface area contributed by atoms with Crippen LogP contribution >= 0.6 is 27.3 Å². The van der Waals surface area contributed by atoms with Gasteiger partial charge in [-0.3, -0.25) is 4.98 Å². The van der Waals surface area contributed by atoms with Crippen molar-refractivity contribution >= 4 is 37.5 Å². The topological polar surface area (TPSA) is 25.8 Å². The summed E-state index contributed by atoms with van der Waals surface area (Å²) in [4.78, 5) is 8.73. The Morgan fingerprint density at radius 1 is 1.12 bits per heavy atom. The Labute approximate surface area is 105 Å². The summed E-state index contributed by atoms with van der Waals surface area (Å²) in [5.41, 5.74) is 2.10. The van der Waals surface area contributed by atoms with Crippen LogP contribution in [0.15, 0.2) is 47.2 Å². The molecule has 16 heavy (non-hydrogen) atoms. The molecule has 2 aromatic heterocycles. The number of fused-ring (bicyclic) bond motifs is 1. The summed E-state index contributed by atoms with van der Waals surface area (Å²) < 4.78 is 2.18. The Bertz CT molecular complexity index is 615. The number of benzene rings is 1. The second-order valence-corrected chi connectivity index (χ2v) is 5.32. The number of pyridine rings is 1. The highest BCUT2D eigenvalue weighted by molar-refractivity contribution is 9.10. The maximum atomic E-state index is 4.58. The maximum absolute atomic E-state index is 4.58. The van der Waals surface area contributed by atoms with Crippen LogP contribution in [-0.4, -0.2) is 9.97 Å². The fourth-order valence-corrected chi connectivity index (χ4v) is 2.84. The number of halogens is 1. The summed E-state index contributed by atoms with van der Waals surface area (Å²) in [7, 11) is 0. The monoisotopic (exact) mass is 290 g/mol. The summed E-state index contributed by atoms with van der Waals surface area (Å²) in [6.45, 7) is 0. The quantitative estimate of drug-likeness (QED) is 0.674.